The minimum atomic E-state index is -0.0552. The number of hydrogen-bond donors (Lipinski definition) is 3. The zero-order valence-corrected chi connectivity index (χ0v) is 17.4. The van der Waals surface area contributed by atoms with E-state index in [0.29, 0.717) is 0 Å². The van der Waals surface area contributed by atoms with Gasteiger partial charge in [0.2, 0.25) is 0 Å². The first-order chi connectivity index (χ1) is 12.7. The summed E-state index contributed by atoms with van der Waals surface area (Å²) >= 11 is 1.38. The summed E-state index contributed by atoms with van der Waals surface area (Å²) in [6, 6.07) is 2.05. The van der Waals surface area contributed by atoms with Crippen LogP contribution in [0.15, 0.2) is 34.8 Å². The molecule has 0 saturated carbocycles. The van der Waals surface area contributed by atoms with Crippen molar-refractivity contribution in [2.75, 3.05) is 11.9 Å². The van der Waals surface area contributed by atoms with Gasteiger partial charge >= 0.3 is 148 Å². The fraction of sp³-hybridized carbons (Fsp3) is 0.235. The average molecular weight is 480 g/mol. The van der Waals surface area contributed by atoms with E-state index in [9.17, 15) is 0 Å². The Labute approximate surface area is 166 Å². The second kappa shape index (κ2) is 7.72. The van der Waals surface area contributed by atoms with Gasteiger partial charge in [-0.3, -0.25) is 0 Å². The molecule has 0 saturated heterocycles. The van der Waals surface area contributed by atoms with E-state index in [1.807, 2.05) is 19.3 Å². The summed E-state index contributed by atoms with van der Waals surface area (Å²) in [5.74, 6) is 0.746. The van der Waals surface area contributed by atoms with Crippen LogP contribution in [0.2, 0.25) is 0 Å². The number of allylic oxidation sites excluding steroid dienone is 2. The third-order valence-electron chi connectivity index (χ3n) is 3.84. The number of halogens is 1. The molecule has 0 spiro atoms. The van der Waals surface area contributed by atoms with Crippen LogP contribution in [0.1, 0.15) is 24.0 Å². The molecule has 9 heteroatoms. The third kappa shape index (κ3) is 3.60. The molecule has 0 aromatic carbocycles. The molecular weight excluding hydrogens is 461 g/mol. The van der Waals surface area contributed by atoms with E-state index >= 15 is 0 Å². The van der Waals surface area contributed by atoms with Crippen LogP contribution in [-0.4, -0.2) is 25.3 Å². The second-order valence-corrected chi connectivity index (χ2v) is 8.54. The van der Waals surface area contributed by atoms with Crippen LogP contribution in [0.3, 0.4) is 0 Å². The molecule has 0 atom stereocenters. The Morgan fingerprint density at radius 2 is 2.31 bits per heavy atom. The van der Waals surface area contributed by atoms with Crippen molar-refractivity contribution >= 4 is 33.6 Å². The normalized spacial score (nSPS) is 14.0. The third-order valence-corrected chi connectivity index (χ3v) is 5.98. The Hall–Kier alpha value is -1.98. The van der Waals surface area contributed by atoms with Crippen molar-refractivity contribution in [3.8, 4) is 0 Å². The van der Waals surface area contributed by atoms with Crippen molar-refractivity contribution in [2.24, 2.45) is 0 Å². The van der Waals surface area contributed by atoms with Crippen LogP contribution < -0.4 is 35.6 Å². The van der Waals surface area contributed by atoms with Gasteiger partial charge in [-0.05, 0) is 6.54 Å². The van der Waals surface area contributed by atoms with Gasteiger partial charge in [-0.25, -0.2) is 0 Å². The molecule has 1 aliphatic heterocycles. The van der Waals surface area contributed by atoms with Crippen LogP contribution in [0.5, 0.6) is 0 Å². The summed E-state index contributed by atoms with van der Waals surface area (Å²) in [4.78, 5) is 9.25. The number of nitrogens with one attached hydrogen (secondary N) is 3. The molecule has 0 aliphatic carbocycles. The van der Waals surface area contributed by atoms with Gasteiger partial charge in [0.1, 0.15) is 0 Å². The fourth-order valence-corrected chi connectivity index (χ4v) is 4.62. The van der Waals surface area contributed by atoms with Crippen molar-refractivity contribution in [1.82, 2.24) is 27.6 Å². The summed E-state index contributed by atoms with van der Waals surface area (Å²) in [6.07, 6.45) is 8.14. The van der Waals surface area contributed by atoms with Crippen molar-refractivity contribution in [2.45, 2.75) is 20.4 Å². The summed E-state index contributed by atoms with van der Waals surface area (Å²) in [5.41, 5.74) is 4.95. The molecule has 0 fully saturated rings. The topological polar surface area (TPSA) is 79.2 Å². The van der Waals surface area contributed by atoms with Gasteiger partial charge in [0.05, 0.1) is 0 Å². The predicted octanol–water partition coefficient (Wildman–Crippen LogP) is -0.191. The van der Waals surface area contributed by atoms with E-state index in [1.54, 1.807) is 0 Å². The average Bonchev–Trinajstić information content (AvgIpc) is 3.27. The minimum absolute atomic E-state index is 0.0552. The van der Waals surface area contributed by atoms with Gasteiger partial charge in [-0.15, -0.1) is 0 Å². The van der Waals surface area contributed by atoms with Gasteiger partial charge in [0, 0.05) is 0 Å². The first-order valence-corrected chi connectivity index (χ1v) is 11.4. The molecule has 0 unspecified atom stereocenters. The molecule has 26 heavy (non-hydrogen) atoms. The van der Waals surface area contributed by atoms with Crippen molar-refractivity contribution in [3.05, 3.63) is 51.9 Å². The van der Waals surface area contributed by atoms with Crippen molar-refractivity contribution in [3.63, 3.8) is 0 Å². The molecule has 4 rings (SSSR count). The maximum absolute atomic E-state index is 4.65. The SMILES string of the molecule is CCNCc1cc(Nc2nc(C)cn3c(C4=CN[I-]C=C4)cnc23)sn1. The zero-order valence-electron chi connectivity index (χ0n) is 14.5. The Morgan fingerprint density at radius 3 is 3.12 bits per heavy atom. The van der Waals surface area contributed by atoms with Crippen molar-refractivity contribution in [1.29, 1.82) is 0 Å². The summed E-state index contributed by atoms with van der Waals surface area (Å²) in [7, 11) is 0. The second-order valence-electron chi connectivity index (χ2n) is 5.77. The number of nitrogens with zero attached hydrogens (tertiary/aromatic N) is 4. The van der Waals surface area contributed by atoms with E-state index in [1.165, 1.54) is 11.5 Å². The first kappa shape index (κ1) is 17.4. The molecular formula is C17H19IN7S-. The Bertz CT molecular complexity index is 988. The molecule has 1 aliphatic rings. The van der Waals surface area contributed by atoms with Gasteiger partial charge < -0.3 is 5.32 Å². The van der Waals surface area contributed by atoms with E-state index in [-0.39, 0.29) is 21.5 Å². The summed E-state index contributed by atoms with van der Waals surface area (Å²) in [5, 5.41) is 7.64. The van der Waals surface area contributed by atoms with E-state index in [0.717, 1.165) is 52.2 Å². The molecule has 7 nitrogen and oxygen atoms in total. The molecule has 136 valence electrons. The van der Waals surface area contributed by atoms with Gasteiger partial charge in [0.25, 0.3) is 0 Å². The Kier molecular flexibility index (Phi) is 5.18. The molecule has 3 N–H and O–H groups in total. The van der Waals surface area contributed by atoms with Gasteiger partial charge in [0.15, 0.2) is 0 Å². The quantitative estimate of drug-likeness (QED) is 0.336. The molecule has 4 heterocycles. The van der Waals surface area contributed by atoms with E-state index < -0.39 is 0 Å². The first-order valence-electron chi connectivity index (χ1n) is 8.27. The van der Waals surface area contributed by atoms with E-state index in [2.05, 4.69) is 62.3 Å². The summed E-state index contributed by atoms with van der Waals surface area (Å²) < 4.78 is 12.1. The number of fused-ring (bicyclic) bond motifs is 1. The molecule has 0 amide bonds. The maximum atomic E-state index is 4.65. The molecule has 0 bridgehead atoms. The predicted molar refractivity (Wildman–Crippen MR) is 101 cm³/mol. The van der Waals surface area contributed by atoms with Crippen LogP contribution in [0.4, 0.5) is 10.8 Å². The number of aryl methyl sites for hydroxylation is 1. The van der Waals surface area contributed by atoms with Crippen LogP contribution in [-0.2, 0) is 6.54 Å². The van der Waals surface area contributed by atoms with Crippen LogP contribution in [0.25, 0.3) is 11.2 Å². The van der Waals surface area contributed by atoms with Gasteiger partial charge in [-0.1, -0.05) is 6.92 Å². The Morgan fingerprint density at radius 1 is 1.38 bits per heavy atom. The summed E-state index contributed by atoms with van der Waals surface area (Å²) in [6.45, 7) is 5.78. The molecule has 3 aromatic heterocycles. The monoisotopic (exact) mass is 480 g/mol. The van der Waals surface area contributed by atoms with Crippen LogP contribution >= 0.6 is 11.5 Å². The van der Waals surface area contributed by atoms with Crippen LogP contribution in [0, 0.1) is 6.92 Å². The molecule has 0 radical (unpaired) electrons. The number of anilines is 2. The van der Waals surface area contributed by atoms with Crippen molar-refractivity contribution < 1.29 is 21.5 Å². The molecule has 3 aromatic rings. The van der Waals surface area contributed by atoms with Gasteiger partial charge in [-0.2, -0.15) is 0 Å². The number of imidazole rings is 1. The number of hydrogen-bond acceptors (Lipinski definition) is 7. The fourth-order valence-electron chi connectivity index (χ4n) is 2.66. The standard InChI is InChI=1S/C17H19IN7S/c1-3-19-8-13-6-15(26-24-13)23-16-17-20-9-14(12-4-5-18-21-7-12)25(17)10-11(2)22-16/h4-7,9-10,19,21H,3,8H2,1-2H3,(H,22,23)/q-1. The zero-order chi connectivity index (χ0) is 17.9. The Balaban J connectivity index is 1.67. The number of aromatic nitrogens is 4. The number of rotatable bonds is 6. The van der Waals surface area contributed by atoms with E-state index in [4.69, 9.17) is 0 Å².